The summed E-state index contributed by atoms with van der Waals surface area (Å²) in [6, 6.07) is 6.79. The SMILES string of the molecule is Nc1cc(C(F)(F)F)ccc1NC(=O)Nc1cccc(S(=O)(=O)NCCCC(=O)O)c1. The Kier molecular flexibility index (Phi) is 7.46. The second-order valence-corrected chi connectivity index (χ2v) is 8.07. The zero-order valence-corrected chi connectivity index (χ0v) is 16.7. The van der Waals surface area contributed by atoms with E-state index < -0.39 is 33.8 Å². The van der Waals surface area contributed by atoms with Gasteiger partial charge in [-0.25, -0.2) is 17.9 Å². The molecule has 0 bridgehead atoms. The van der Waals surface area contributed by atoms with Gasteiger partial charge >= 0.3 is 18.2 Å². The number of hydrogen-bond donors (Lipinski definition) is 5. The van der Waals surface area contributed by atoms with Crippen LogP contribution >= 0.6 is 0 Å². The lowest BCUT2D eigenvalue weighted by atomic mass is 10.1. The fourth-order valence-electron chi connectivity index (χ4n) is 2.41. The molecule has 13 heteroatoms. The zero-order chi connectivity index (χ0) is 23.2. The normalized spacial score (nSPS) is 11.7. The molecule has 0 heterocycles. The van der Waals surface area contributed by atoms with Crippen molar-refractivity contribution >= 4 is 39.1 Å². The van der Waals surface area contributed by atoms with Gasteiger partial charge < -0.3 is 21.5 Å². The fourth-order valence-corrected chi connectivity index (χ4v) is 3.53. The summed E-state index contributed by atoms with van der Waals surface area (Å²) in [6.45, 7) is -0.0834. The molecule has 0 radical (unpaired) electrons. The first-order valence-electron chi connectivity index (χ1n) is 8.75. The number of amides is 2. The van der Waals surface area contributed by atoms with Crippen LogP contribution in [0.15, 0.2) is 47.4 Å². The summed E-state index contributed by atoms with van der Waals surface area (Å²) in [4.78, 5) is 22.4. The lowest BCUT2D eigenvalue weighted by Crippen LogP contribution is -2.25. The predicted molar refractivity (Wildman–Crippen MR) is 107 cm³/mol. The van der Waals surface area contributed by atoms with Crippen molar-refractivity contribution < 1.29 is 36.3 Å². The van der Waals surface area contributed by atoms with Gasteiger partial charge in [-0.05, 0) is 42.8 Å². The first kappa shape index (κ1) is 24.0. The van der Waals surface area contributed by atoms with Gasteiger partial charge in [0.15, 0.2) is 0 Å². The highest BCUT2D eigenvalue weighted by atomic mass is 32.2. The summed E-state index contributed by atoms with van der Waals surface area (Å²) in [5, 5.41) is 13.2. The van der Waals surface area contributed by atoms with E-state index >= 15 is 0 Å². The molecule has 0 aliphatic carbocycles. The highest BCUT2D eigenvalue weighted by molar-refractivity contribution is 7.89. The molecule has 31 heavy (non-hydrogen) atoms. The van der Waals surface area contributed by atoms with E-state index in [1.165, 1.54) is 18.2 Å². The van der Waals surface area contributed by atoms with Crippen LogP contribution in [-0.4, -0.2) is 32.1 Å². The molecular weight excluding hydrogens is 441 g/mol. The van der Waals surface area contributed by atoms with Gasteiger partial charge in [-0.1, -0.05) is 6.07 Å². The molecular formula is C18H19F3N4O5S. The first-order valence-corrected chi connectivity index (χ1v) is 10.2. The minimum absolute atomic E-state index is 0.0608. The molecule has 0 unspecified atom stereocenters. The molecule has 0 aromatic heterocycles. The van der Waals surface area contributed by atoms with Crippen molar-refractivity contribution in [2.45, 2.75) is 23.9 Å². The Morgan fingerprint density at radius 3 is 2.39 bits per heavy atom. The van der Waals surface area contributed by atoms with Gasteiger partial charge in [0.25, 0.3) is 0 Å². The van der Waals surface area contributed by atoms with Gasteiger partial charge in [-0.15, -0.1) is 0 Å². The molecule has 0 aliphatic heterocycles. The Balaban J connectivity index is 2.04. The van der Waals surface area contributed by atoms with E-state index in [1.54, 1.807) is 0 Å². The predicted octanol–water partition coefficient (Wildman–Crippen LogP) is 3.07. The number of carboxylic acids is 1. The first-order chi connectivity index (χ1) is 14.4. The fraction of sp³-hybridized carbons (Fsp3) is 0.222. The van der Waals surface area contributed by atoms with E-state index in [9.17, 15) is 31.2 Å². The summed E-state index contributed by atoms with van der Waals surface area (Å²) in [5.74, 6) is -1.05. The van der Waals surface area contributed by atoms with Gasteiger partial charge in [0, 0.05) is 18.7 Å². The second kappa shape index (κ2) is 9.66. The maximum atomic E-state index is 12.7. The van der Waals surface area contributed by atoms with Crippen LogP contribution in [-0.2, 0) is 21.0 Å². The minimum Gasteiger partial charge on any atom is -0.481 e. The van der Waals surface area contributed by atoms with Crippen molar-refractivity contribution in [1.82, 2.24) is 4.72 Å². The van der Waals surface area contributed by atoms with Crippen molar-refractivity contribution in [3.63, 3.8) is 0 Å². The number of aliphatic carboxylic acids is 1. The molecule has 2 aromatic rings. The minimum atomic E-state index is -4.58. The summed E-state index contributed by atoms with van der Waals surface area (Å²) < 4.78 is 64.8. The van der Waals surface area contributed by atoms with Gasteiger partial charge in [0.2, 0.25) is 10.0 Å². The highest BCUT2D eigenvalue weighted by Gasteiger charge is 2.30. The average molecular weight is 460 g/mol. The van der Waals surface area contributed by atoms with Crippen molar-refractivity contribution in [3.8, 4) is 0 Å². The Labute approximate surface area is 175 Å². The number of carbonyl (C=O) groups excluding carboxylic acids is 1. The summed E-state index contributed by atoms with van der Waals surface area (Å²) in [6.07, 6.45) is -4.68. The summed E-state index contributed by atoms with van der Waals surface area (Å²) in [5.41, 5.74) is 4.32. The third kappa shape index (κ3) is 7.15. The molecule has 2 aromatic carbocycles. The standard InChI is InChI=1S/C18H19F3N4O5S/c19-18(20,21)11-6-7-15(14(22)9-11)25-17(28)24-12-3-1-4-13(10-12)31(29,30)23-8-2-5-16(26)27/h1,3-4,6-7,9-10,23H,2,5,8,22H2,(H,26,27)(H2,24,25,28). The van der Waals surface area contributed by atoms with Crippen molar-refractivity contribution in [2.24, 2.45) is 0 Å². The molecule has 9 nitrogen and oxygen atoms in total. The molecule has 0 saturated carbocycles. The Morgan fingerprint density at radius 2 is 1.77 bits per heavy atom. The number of rotatable bonds is 8. The van der Waals surface area contributed by atoms with Crippen molar-refractivity contribution in [2.75, 3.05) is 22.9 Å². The number of urea groups is 1. The van der Waals surface area contributed by atoms with Crippen molar-refractivity contribution in [3.05, 3.63) is 48.0 Å². The molecule has 168 valence electrons. The second-order valence-electron chi connectivity index (χ2n) is 6.30. The Bertz CT molecular complexity index is 1070. The van der Waals surface area contributed by atoms with Crippen LogP contribution in [0.5, 0.6) is 0 Å². The lowest BCUT2D eigenvalue weighted by molar-refractivity contribution is -0.138. The molecule has 0 fully saturated rings. The molecule has 0 aliphatic rings. The number of nitrogens with two attached hydrogens (primary N) is 1. The summed E-state index contributed by atoms with van der Waals surface area (Å²) >= 11 is 0. The zero-order valence-electron chi connectivity index (χ0n) is 15.9. The van der Waals surface area contributed by atoms with Gasteiger partial charge in [0.1, 0.15) is 0 Å². The summed E-state index contributed by atoms with van der Waals surface area (Å²) in [7, 11) is -3.94. The maximum Gasteiger partial charge on any atom is 0.416 e. The molecule has 0 saturated heterocycles. The van der Waals surface area contributed by atoms with Gasteiger partial charge in [0.05, 0.1) is 21.8 Å². The number of benzene rings is 2. The van der Waals surface area contributed by atoms with Gasteiger partial charge in [-0.2, -0.15) is 13.2 Å². The number of nitrogens with one attached hydrogen (secondary N) is 3. The Morgan fingerprint density at radius 1 is 1.06 bits per heavy atom. The largest absolute Gasteiger partial charge is 0.481 e. The third-order valence-electron chi connectivity index (χ3n) is 3.89. The monoisotopic (exact) mass is 460 g/mol. The van der Waals surface area contributed by atoms with E-state index in [0.717, 1.165) is 18.2 Å². The van der Waals surface area contributed by atoms with E-state index in [4.69, 9.17) is 10.8 Å². The van der Waals surface area contributed by atoms with Crippen LogP contribution in [0.25, 0.3) is 0 Å². The maximum absolute atomic E-state index is 12.7. The Hall–Kier alpha value is -3.32. The van der Waals surface area contributed by atoms with E-state index in [-0.39, 0.29) is 41.3 Å². The van der Waals surface area contributed by atoms with E-state index in [1.807, 2.05) is 0 Å². The van der Waals surface area contributed by atoms with E-state index in [0.29, 0.717) is 6.07 Å². The number of halogens is 3. The smallest absolute Gasteiger partial charge is 0.416 e. The quantitative estimate of drug-likeness (QED) is 0.302. The third-order valence-corrected chi connectivity index (χ3v) is 5.35. The van der Waals surface area contributed by atoms with Crippen LogP contribution in [0, 0.1) is 0 Å². The number of alkyl halides is 3. The molecule has 2 rings (SSSR count). The topological polar surface area (TPSA) is 151 Å². The number of nitrogen functional groups attached to an aromatic ring is 1. The molecule has 0 spiro atoms. The highest BCUT2D eigenvalue weighted by Crippen LogP contribution is 2.32. The number of hydrogen-bond acceptors (Lipinski definition) is 5. The van der Waals surface area contributed by atoms with E-state index in [2.05, 4.69) is 15.4 Å². The van der Waals surface area contributed by atoms with Crippen LogP contribution in [0.1, 0.15) is 18.4 Å². The number of sulfonamides is 1. The van der Waals surface area contributed by atoms with Crippen LogP contribution < -0.4 is 21.1 Å². The van der Waals surface area contributed by atoms with Crippen LogP contribution in [0.3, 0.4) is 0 Å². The van der Waals surface area contributed by atoms with Crippen LogP contribution in [0.2, 0.25) is 0 Å². The van der Waals surface area contributed by atoms with Gasteiger partial charge in [-0.3, -0.25) is 4.79 Å². The van der Waals surface area contributed by atoms with Crippen molar-refractivity contribution in [1.29, 1.82) is 0 Å². The van der Waals surface area contributed by atoms with Crippen LogP contribution in [0.4, 0.5) is 35.0 Å². The molecule has 0 atom stereocenters. The molecule has 2 amide bonds. The number of carboxylic acid groups (broad SMARTS) is 1. The molecule has 6 N–H and O–H groups in total. The average Bonchev–Trinajstić information content (AvgIpc) is 2.66. The number of anilines is 3. The number of carbonyl (C=O) groups is 2. The lowest BCUT2D eigenvalue weighted by Gasteiger charge is -2.13.